The minimum atomic E-state index is -0.759. The van der Waals surface area contributed by atoms with E-state index in [9.17, 15) is 4.79 Å². The highest BCUT2D eigenvalue weighted by Gasteiger charge is 2.55. The number of carbonyl (C=O) groups is 1. The molecule has 0 unspecified atom stereocenters. The first-order valence-corrected chi connectivity index (χ1v) is 9.60. The number of hydrogen-bond acceptors (Lipinski definition) is 7. The van der Waals surface area contributed by atoms with E-state index in [1.165, 1.54) is 6.33 Å². The van der Waals surface area contributed by atoms with Crippen molar-refractivity contribution in [1.82, 2.24) is 24.8 Å². The molecule has 4 rings (SSSR count). The first-order valence-electron chi connectivity index (χ1n) is 9.22. The van der Waals surface area contributed by atoms with Gasteiger partial charge in [-0.25, -0.2) is 19.7 Å². The number of carbonyl (C=O) groups excluding carboxylic acids is 1. The van der Waals surface area contributed by atoms with Gasteiger partial charge in [-0.1, -0.05) is 11.6 Å². The Balaban J connectivity index is 1.63. The standard InChI is InChI=1S/C18H24ClN5O4/c1-17(2,3)28-16(25)23-9-6-10(13-12(9)26-18(4,5)27-13)24-8-22-11-14(19)20-7-21-15(11)24/h7-10,12-13H,6H2,1-5H3,(H,23,25)/t9-,10+,12+,13-/m0/s1. The summed E-state index contributed by atoms with van der Waals surface area (Å²) in [6.45, 7) is 9.19. The van der Waals surface area contributed by atoms with Gasteiger partial charge >= 0.3 is 6.09 Å². The highest BCUT2D eigenvalue weighted by atomic mass is 35.5. The van der Waals surface area contributed by atoms with Crippen LogP contribution in [0.4, 0.5) is 4.79 Å². The van der Waals surface area contributed by atoms with E-state index in [0.717, 1.165) is 0 Å². The van der Waals surface area contributed by atoms with E-state index in [1.54, 1.807) is 6.33 Å². The Hall–Kier alpha value is -1.97. The molecular formula is C18H24ClN5O4. The van der Waals surface area contributed by atoms with Gasteiger partial charge in [0.2, 0.25) is 0 Å². The third kappa shape index (κ3) is 3.54. The van der Waals surface area contributed by atoms with Gasteiger partial charge in [0.15, 0.2) is 16.6 Å². The van der Waals surface area contributed by atoms with Crippen LogP contribution in [0.1, 0.15) is 47.1 Å². The summed E-state index contributed by atoms with van der Waals surface area (Å²) < 4.78 is 19.6. The highest BCUT2D eigenvalue weighted by Crippen LogP contribution is 2.44. The molecule has 0 radical (unpaired) electrons. The molecule has 1 aliphatic heterocycles. The van der Waals surface area contributed by atoms with Crippen molar-refractivity contribution in [3.05, 3.63) is 17.8 Å². The number of ether oxygens (including phenoxy) is 3. The molecule has 2 aromatic heterocycles. The third-order valence-electron chi connectivity index (χ3n) is 4.81. The average Bonchev–Trinajstić information content (AvgIpc) is 3.18. The zero-order chi connectivity index (χ0) is 20.3. The Labute approximate surface area is 167 Å². The number of rotatable bonds is 2. The first kappa shape index (κ1) is 19.4. The maximum Gasteiger partial charge on any atom is 0.407 e. The van der Waals surface area contributed by atoms with Gasteiger partial charge in [-0.2, -0.15) is 0 Å². The van der Waals surface area contributed by atoms with Crippen LogP contribution in [0.3, 0.4) is 0 Å². The van der Waals surface area contributed by atoms with Crippen molar-refractivity contribution >= 4 is 28.9 Å². The minimum absolute atomic E-state index is 0.136. The lowest BCUT2D eigenvalue weighted by Crippen LogP contribution is -2.45. The molecule has 1 saturated heterocycles. The Kier molecular flexibility index (Phi) is 4.52. The zero-order valence-electron chi connectivity index (χ0n) is 16.5. The predicted octanol–water partition coefficient (Wildman–Crippen LogP) is 2.84. The second-order valence-corrected chi connectivity index (χ2v) is 8.97. The molecule has 2 fully saturated rings. The lowest BCUT2D eigenvalue weighted by atomic mass is 10.2. The van der Waals surface area contributed by atoms with E-state index in [2.05, 4.69) is 20.3 Å². The molecule has 1 aliphatic carbocycles. The Morgan fingerprint density at radius 1 is 1.29 bits per heavy atom. The molecule has 1 N–H and O–H groups in total. The summed E-state index contributed by atoms with van der Waals surface area (Å²) in [5.74, 6) is -0.759. The first-order chi connectivity index (χ1) is 13.0. The Bertz CT molecular complexity index is 909. The average molecular weight is 410 g/mol. The van der Waals surface area contributed by atoms with E-state index in [0.29, 0.717) is 22.7 Å². The summed E-state index contributed by atoms with van der Waals surface area (Å²) in [7, 11) is 0. The van der Waals surface area contributed by atoms with Crippen LogP contribution in [0.25, 0.3) is 11.2 Å². The van der Waals surface area contributed by atoms with Gasteiger partial charge < -0.3 is 24.1 Å². The number of amides is 1. The molecule has 28 heavy (non-hydrogen) atoms. The predicted molar refractivity (Wildman–Crippen MR) is 101 cm³/mol. The van der Waals surface area contributed by atoms with E-state index in [1.807, 2.05) is 39.2 Å². The molecule has 2 aliphatic rings. The molecule has 4 atom stereocenters. The Morgan fingerprint density at radius 3 is 2.71 bits per heavy atom. The molecule has 0 aromatic carbocycles. The summed E-state index contributed by atoms with van der Waals surface area (Å²) in [6.07, 6.45) is 2.59. The van der Waals surface area contributed by atoms with Crippen LogP contribution >= 0.6 is 11.6 Å². The fourth-order valence-corrected chi connectivity index (χ4v) is 4.07. The van der Waals surface area contributed by atoms with Crippen LogP contribution < -0.4 is 5.32 Å². The summed E-state index contributed by atoms with van der Waals surface area (Å²) in [4.78, 5) is 25.0. The number of nitrogens with zero attached hydrogens (tertiary/aromatic N) is 4. The van der Waals surface area contributed by atoms with E-state index < -0.39 is 17.5 Å². The van der Waals surface area contributed by atoms with Crippen LogP contribution in [0.15, 0.2) is 12.7 Å². The summed E-state index contributed by atoms with van der Waals surface area (Å²) in [6, 6.07) is -0.413. The van der Waals surface area contributed by atoms with Crippen LogP contribution in [-0.2, 0) is 14.2 Å². The van der Waals surface area contributed by atoms with Gasteiger partial charge in [0.25, 0.3) is 0 Å². The normalized spacial score (nSPS) is 29.1. The molecule has 152 valence electrons. The van der Waals surface area contributed by atoms with Crippen LogP contribution in [-0.4, -0.2) is 55.3 Å². The monoisotopic (exact) mass is 409 g/mol. The molecule has 1 amide bonds. The number of nitrogens with one attached hydrogen (secondary N) is 1. The van der Waals surface area contributed by atoms with Crippen LogP contribution in [0.2, 0.25) is 5.15 Å². The van der Waals surface area contributed by atoms with E-state index in [4.69, 9.17) is 25.8 Å². The van der Waals surface area contributed by atoms with Gasteiger partial charge in [0.05, 0.1) is 18.4 Å². The molecule has 0 bridgehead atoms. The lowest BCUT2D eigenvalue weighted by Gasteiger charge is -2.26. The molecular weight excluding hydrogens is 386 g/mol. The van der Waals surface area contributed by atoms with Gasteiger partial charge in [-0.3, -0.25) is 0 Å². The fourth-order valence-electron chi connectivity index (χ4n) is 3.89. The number of imidazole rings is 1. The number of alkyl carbamates (subject to hydrolysis) is 1. The summed E-state index contributed by atoms with van der Waals surface area (Å²) in [5.41, 5.74) is 0.569. The highest BCUT2D eigenvalue weighted by molar-refractivity contribution is 6.33. The van der Waals surface area contributed by atoms with Crippen molar-refractivity contribution in [2.24, 2.45) is 0 Å². The maximum atomic E-state index is 12.3. The molecule has 2 aromatic rings. The minimum Gasteiger partial charge on any atom is -0.444 e. The SMILES string of the molecule is CC(C)(C)OC(=O)N[C@H]1C[C@@H](n2cnc3c(Cl)ncnc32)[C@@H]2OC(C)(C)O[C@@H]21. The Morgan fingerprint density at radius 2 is 2.00 bits per heavy atom. The van der Waals surface area contributed by atoms with Gasteiger partial charge in [-0.15, -0.1) is 0 Å². The van der Waals surface area contributed by atoms with Crippen molar-refractivity contribution in [3.8, 4) is 0 Å². The number of halogens is 1. The molecule has 9 nitrogen and oxygen atoms in total. The van der Waals surface area contributed by atoms with Gasteiger partial charge in [0, 0.05) is 0 Å². The summed E-state index contributed by atoms with van der Waals surface area (Å²) in [5, 5.41) is 3.23. The summed E-state index contributed by atoms with van der Waals surface area (Å²) >= 11 is 6.14. The van der Waals surface area contributed by atoms with Gasteiger partial charge in [0.1, 0.15) is 29.7 Å². The topological polar surface area (TPSA) is 100 Å². The van der Waals surface area contributed by atoms with Crippen molar-refractivity contribution < 1.29 is 19.0 Å². The number of hydrogen-bond donors (Lipinski definition) is 1. The van der Waals surface area contributed by atoms with E-state index in [-0.39, 0.29) is 24.3 Å². The number of aromatic nitrogens is 4. The largest absolute Gasteiger partial charge is 0.444 e. The second kappa shape index (κ2) is 6.53. The zero-order valence-corrected chi connectivity index (χ0v) is 17.2. The van der Waals surface area contributed by atoms with Crippen molar-refractivity contribution in [1.29, 1.82) is 0 Å². The van der Waals surface area contributed by atoms with Crippen LogP contribution in [0.5, 0.6) is 0 Å². The quantitative estimate of drug-likeness (QED) is 0.761. The molecule has 3 heterocycles. The molecule has 10 heteroatoms. The second-order valence-electron chi connectivity index (χ2n) is 8.61. The van der Waals surface area contributed by atoms with E-state index >= 15 is 0 Å². The van der Waals surface area contributed by atoms with Crippen molar-refractivity contribution in [2.75, 3.05) is 0 Å². The smallest absolute Gasteiger partial charge is 0.407 e. The molecule has 1 saturated carbocycles. The van der Waals surface area contributed by atoms with Crippen molar-refractivity contribution in [3.63, 3.8) is 0 Å². The fraction of sp³-hybridized carbons (Fsp3) is 0.667. The van der Waals surface area contributed by atoms with Crippen LogP contribution in [0, 0.1) is 0 Å². The molecule has 0 spiro atoms. The van der Waals surface area contributed by atoms with Gasteiger partial charge in [-0.05, 0) is 41.0 Å². The number of fused-ring (bicyclic) bond motifs is 2. The maximum absolute atomic E-state index is 12.3. The van der Waals surface area contributed by atoms with Crippen molar-refractivity contribution in [2.45, 2.75) is 76.7 Å². The lowest BCUT2D eigenvalue weighted by molar-refractivity contribution is -0.157. The third-order valence-corrected chi connectivity index (χ3v) is 5.08.